The second-order valence-corrected chi connectivity index (χ2v) is 9.71. The van der Waals surface area contributed by atoms with Crippen molar-refractivity contribution in [1.82, 2.24) is 4.90 Å². The van der Waals surface area contributed by atoms with Gasteiger partial charge in [-0.15, -0.1) is 0 Å². The van der Waals surface area contributed by atoms with Crippen LogP contribution in [0.1, 0.15) is 38.5 Å². The fourth-order valence-electron chi connectivity index (χ4n) is 4.37. The van der Waals surface area contributed by atoms with Crippen LogP contribution in [0.15, 0.2) is 0 Å². The Labute approximate surface area is 130 Å². The van der Waals surface area contributed by atoms with Crippen molar-refractivity contribution in [3.8, 4) is 0 Å². The van der Waals surface area contributed by atoms with Crippen molar-refractivity contribution >= 4 is 21.7 Å². The molecule has 1 N–H and O–H groups in total. The van der Waals surface area contributed by atoms with Gasteiger partial charge in [0.05, 0.1) is 11.2 Å². The van der Waals surface area contributed by atoms with E-state index in [1.54, 1.807) is 4.90 Å². The molecule has 2 aliphatic carbocycles. The average molecular weight is 329 g/mol. The largest absolute Gasteiger partial charge is 0.481 e. The van der Waals surface area contributed by atoms with Crippen molar-refractivity contribution < 1.29 is 23.1 Å². The third-order valence-electron chi connectivity index (χ3n) is 5.70. The number of nitrogens with zero attached hydrogens (tertiary/aromatic N) is 1. The molecule has 0 unspecified atom stereocenters. The Bertz CT molecular complexity index is 609. The molecule has 6 nitrogen and oxygen atoms in total. The molecule has 1 aliphatic heterocycles. The minimum absolute atomic E-state index is 0.0546. The number of carboxylic acids is 1. The first kappa shape index (κ1) is 15.8. The molecule has 3 rings (SSSR count). The van der Waals surface area contributed by atoms with Gasteiger partial charge < -0.3 is 10.0 Å². The fourth-order valence-corrected chi connectivity index (χ4v) is 5.87. The SMILES string of the molecule is CS(=O)(=O)CC1(CC(=O)N2C[C@@H]3CCC[C@@]3(C(=O)O)C2)CC1. The molecule has 3 fully saturated rings. The van der Waals surface area contributed by atoms with E-state index in [1.807, 2.05) is 0 Å². The average Bonchev–Trinajstić information content (AvgIpc) is 2.84. The third-order valence-corrected chi connectivity index (χ3v) is 6.84. The summed E-state index contributed by atoms with van der Waals surface area (Å²) in [7, 11) is -3.09. The summed E-state index contributed by atoms with van der Waals surface area (Å²) in [5.41, 5.74) is -1.15. The number of hydrogen-bond donors (Lipinski definition) is 1. The van der Waals surface area contributed by atoms with E-state index < -0.39 is 26.6 Å². The van der Waals surface area contributed by atoms with Crippen molar-refractivity contribution in [2.24, 2.45) is 16.7 Å². The first-order chi connectivity index (χ1) is 10.2. The quantitative estimate of drug-likeness (QED) is 0.809. The molecule has 22 heavy (non-hydrogen) atoms. The Hall–Kier alpha value is -1.11. The lowest BCUT2D eigenvalue weighted by molar-refractivity contribution is -0.149. The molecule has 0 aromatic rings. The zero-order valence-electron chi connectivity index (χ0n) is 12.9. The predicted molar refractivity (Wildman–Crippen MR) is 80.0 cm³/mol. The van der Waals surface area contributed by atoms with Crippen LogP contribution >= 0.6 is 0 Å². The molecular formula is C15H23NO5S. The summed E-state index contributed by atoms with van der Waals surface area (Å²) in [6.45, 7) is 0.806. The number of carbonyl (C=O) groups is 2. The Morgan fingerprint density at radius 2 is 1.95 bits per heavy atom. The van der Waals surface area contributed by atoms with Gasteiger partial charge in [-0.2, -0.15) is 0 Å². The van der Waals surface area contributed by atoms with E-state index >= 15 is 0 Å². The number of likely N-dealkylation sites (tertiary alicyclic amines) is 1. The minimum atomic E-state index is -3.09. The number of hydrogen-bond acceptors (Lipinski definition) is 4. The summed E-state index contributed by atoms with van der Waals surface area (Å²) >= 11 is 0. The summed E-state index contributed by atoms with van der Waals surface area (Å²) < 4.78 is 23.0. The number of amides is 1. The highest BCUT2D eigenvalue weighted by molar-refractivity contribution is 7.90. The lowest BCUT2D eigenvalue weighted by atomic mass is 9.81. The lowest BCUT2D eigenvalue weighted by Crippen LogP contribution is -2.38. The molecule has 0 aromatic carbocycles. The van der Waals surface area contributed by atoms with Gasteiger partial charge in [-0.05, 0) is 37.0 Å². The van der Waals surface area contributed by atoms with E-state index in [0.29, 0.717) is 19.5 Å². The topological polar surface area (TPSA) is 91.8 Å². The Balaban J connectivity index is 1.67. The van der Waals surface area contributed by atoms with E-state index in [4.69, 9.17) is 0 Å². The zero-order valence-corrected chi connectivity index (χ0v) is 13.7. The molecule has 1 heterocycles. The van der Waals surface area contributed by atoms with Gasteiger partial charge in [0, 0.05) is 25.8 Å². The predicted octanol–water partition coefficient (Wildman–Crippen LogP) is 0.915. The number of fused-ring (bicyclic) bond motifs is 1. The highest BCUT2D eigenvalue weighted by atomic mass is 32.2. The maximum atomic E-state index is 12.5. The molecule has 1 saturated heterocycles. The van der Waals surface area contributed by atoms with Crippen LogP contribution in [0.5, 0.6) is 0 Å². The Morgan fingerprint density at radius 3 is 2.45 bits per heavy atom. The van der Waals surface area contributed by atoms with Crippen LogP contribution in [0.3, 0.4) is 0 Å². The van der Waals surface area contributed by atoms with Crippen molar-refractivity contribution in [2.75, 3.05) is 25.1 Å². The number of aliphatic carboxylic acids is 1. The van der Waals surface area contributed by atoms with Gasteiger partial charge in [0.1, 0.15) is 9.84 Å². The molecule has 0 radical (unpaired) electrons. The van der Waals surface area contributed by atoms with Crippen LogP contribution in [0.25, 0.3) is 0 Å². The number of carbonyl (C=O) groups excluding carboxylic acids is 1. The zero-order chi connectivity index (χ0) is 16.2. The first-order valence-electron chi connectivity index (χ1n) is 7.85. The van der Waals surface area contributed by atoms with Gasteiger partial charge in [0.15, 0.2) is 0 Å². The van der Waals surface area contributed by atoms with Crippen molar-refractivity contribution in [3.63, 3.8) is 0 Å². The highest BCUT2D eigenvalue weighted by Gasteiger charge is 2.56. The summed E-state index contributed by atoms with van der Waals surface area (Å²) in [6, 6.07) is 0. The van der Waals surface area contributed by atoms with Crippen molar-refractivity contribution in [2.45, 2.75) is 38.5 Å². The summed E-state index contributed by atoms with van der Waals surface area (Å²) in [6.07, 6.45) is 5.41. The molecule has 0 spiro atoms. The molecule has 0 bridgehead atoms. The van der Waals surface area contributed by atoms with Gasteiger partial charge in [-0.1, -0.05) is 6.42 Å². The van der Waals surface area contributed by atoms with Crippen LogP contribution < -0.4 is 0 Å². The molecule has 2 atom stereocenters. The van der Waals surface area contributed by atoms with Gasteiger partial charge in [-0.3, -0.25) is 9.59 Å². The maximum absolute atomic E-state index is 12.5. The first-order valence-corrected chi connectivity index (χ1v) is 9.91. The molecule has 7 heteroatoms. The van der Waals surface area contributed by atoms with Gasteiger partial charge >= 0.3 is 5.97 Å². The van der Waals surface area contributed by atoms with Crippen LogP contribution in [-0.4, -0.2) is 55.4 Å². The van der Waals surface area contributed by atoms with Crippen LogP contribution in [0, 0.1) is 16.7 Å². The molecule has 2 saturated carbocycles. The highest BCUT2D eigenvalue weighted by Crippen LogP contribution is 2.52. The molecular weight excluding hydrogens is 306 g/mol. The van der Waals surface area contributed by atoms with E-state index in [0.717, 1.165) is 25.7 Å². The summed E-state index contributed by atoms with van der Waals surface area (Å²) in [5, 5.41) is 9.55. The second kappa shape index (κ2) is 4.94. The molecule has 1 amide bonds. The third kappa shape index (κ3) is 2.75. The monoisotopic (exact) mass is 329 g/mol. The van der Waals surface area contributed by atoms with E-state index in [-0.39, 0.29) is 24.0 Å². The Kier molecular flexibility index (Phi) is 3.54. The van der Waals surface area contributed by atoms with Gasteiger partial charge in [0.2, 0.25) is 5.91 Å². The second-order valence-electron chi connectivity index (χ2n) is 7.57. The molecule has 124 valence electrons. The number of sulfone groups is 1. The van der Waals surface area contributed by atoms with Gasteiger partial charge in [0.25, 0.3) is 0 Å². The van der Waals surface area contributed by atoms with Crippen LogP contribution in [-0.2, 0) is 19.4 Å². The smallest absolute Gasteiger partial charge is 0.311 e. The van der Waals surface area contributed by atoms with Crippen molar-refractivity contribution in [1.29, 1.82) is 0 Å². The van der Waals surface area contributed by atoms with E-state index in [9.17, 15) is 23.1 Å². The summed E-state index contributed by atoms with van der Waals surface area (Å²) in [5.74, 6) is -0.745. The van der Waals surface area contributed by atoms with Crippen LogP contribution in [0.4, 0.5) is 0 Å². The molecule has 0 aromatic heterocycles. The van der Waals surface area contributed by atoms with E-state index in [1.165, 1.54) is 6.26 Å². The number of rotatable bonds is 5. The van der Waals surface area contributed by atoms with Crippen LogP contribution in [0.2, 0.25) is 0 Å². The van der Waals surface area contributed by atoms with Crippen molar-refractivity contribution in [3.05, 3.63) is 0 Å². The molecule has 3 aliphatic rings. The standard InChI is InChI=1S/C15H23NO5S/c1-22(20,21)10-14(5-6-14)7-12(17)16-8-11-3-2-4-15(11,9-16)13(18)19/h11H,2-10H2,1H3,(H,18,19)/t11-,15+/m0/s1. The Morgan fingerprint density at radius 1 is 1.27 bits per heavy atom. The fraction of sp³-hybridized carbons (Fsp3) is 0.867. The normalized spacial score (nSPS) is 32.8. The number of carboxylic acid groups (broad SMARTS) is 1. The minimum Gasteiger partial charge on any atom is -0.481 e. The maximum Gasteiger partial charge on any atom is 0.311 e. The van der Waals surface area contributed by atoms with Gasteiger partial charge in [-0.25, -0.2) is 8.42 Å². The van der Waals surface area contributed by atoms with E-state index in [2.05, 4.69) is 0 Å². The summed E-state index contributed by atoms with van der Waals surface area (Å²) in [4.78, 5) is 25.8. The lowest BCUT2D eigenvalue weighted by Gasteiger charge is -2.24.